The van der Waals surface area contributed by atoms with Gasteiger partial charge in [-0.1, -0.05) is 27.2 Å². The fraction of sp³-hybridized carbons (Fsp3) is 1.00. The Balaban J connectivity index is 2.42. The van der Waals surface area contributed by atoms with Gasteiger partial charge in [0.2, 0.25) is 0 Å². The van der Waals surface area contributed by atoms with E-state index < -0.39 is 0 Å². The van der Waals surface area contributed by atoms with Gasteiger partial charge < -0.3 is 5.32 Å². The predicted octanol–water partition coefficient (Wildman–Crippen LogP) is 3.54. The summed E-state index contributed by atoms with van der Waals surface area (Å²) < 4.78 is 0. The van der Waals surface area contributed by atoms with E-state index in [1.54, 1.807) is 0 Å². The first-order chi connectivity index (χ1) is 7.29. The molecule has 1 aliphatic heterocycles. The van der Waals surface area contributed by atoms with E-state index in [-0.39, 0.29) is 0 Å². The summed E-state index contributed by atoms with van der Waals surface area (Å²) in [5.74, 6) is 4.55. The van der Waals surface area contributed by atoms with Crippen molar-refractivity contribution in [1.29, 1.82) is 0 Å². The van der Waals surface area contributed by atoms with Crippen molar-refractivity contribution in [1.82, 2.24) is 5.32 Å². The van der Waals surface area contributed by atoms with Crippen molar-refractivity contribution in [2.75, 3.05) is 18.1 Å². The first kappa shape index (κ1) is 13.4. The van der Waals surface area contributed by atoms with Crippen molar-refractivity contribution >= 4 is 11.8 Å². The summed E-state index contributed by atoms with van der Waals surface area (Å²) in [5, 5.41) is 3.78. The molecule has 0 aromatic carbocycles. The van der Waals surface area contributed by atoms with E-state index >= 15 is 0 Å². The summed E-state index contributed by atoms with van der Waals surface area (Å²) in [6, 6.07) is 0.778. The maximum atomic E-state index is 3.78. The van der Waals surface area contributed by atoms with Crippen LogP contribution in [0.15, 0.2) is 0 Å². The molecule has 3 atom stereocenters. The minimum atomic E-state index is 0.778. The zero-order chi connectivity index (χ0) is 11.1. The molecule has 1 nitrogen and oxygen atoms in total. The Labute approximate surface area is 99.8 Å². The number of nitrogens with one attached hydrogen (secondary N) is 1. The molecule has 1 aliphatic rings. The SMILES string of the molecule is CCCNC(C(C)CCC)C1CCSC1. The molecule has 0 radical (unpaired) electrons. The second kappa shape index (κ2) is 7.56. The van der Waals surface area contributed by atoms with E-state index in [4.69, 9.17) is 0 Å². The Morgan fingerprint density at radius 2 is 2.13 bits per heavy atom. The molecule has 1 fully saturated rings. The fourth-order valence-electron chi connectivity index (χ4n) is 2.61. The van der Waals surface area contributed by atoms with Gasteiger partial charge in [-0.2, -0.15) is 11.8 Å². The first-order valence-electron chi connectivity index (χ1n) is 6.60. The molecular formula is C13H27NS. The van der Waals surface area contributed by atoms with E-state index in [0.29, 0.717) is 0 Å². The molecule has 1 saturated heterocycles. The molecule has 3 unspecified atom stereocenters. The maximum absolute atomic E-state index is 3.78. The highest BCUT2D eigenvalue weighted by molar-refractivity contribution is 7.99. The van der Waals surface area contributed by atoms with Gasteiger partial charge >= 0.3 is 0 Å². The normalized spacial score (nSPS) is 25.4. The summed E-state index contributed by atoms with van der Waals surface area (Å²) >= 11 is 2.14. The van der Waals surface area contributed by atoms with E-state index in [9.17, 15) is 0 Å². The zero-order valence-corrected chi connectivity index (χ0v) is 11.4. The average molecular weight is 229 g/mol. The molecule has 90 valence electrons. The lowest BCUT2D eigenvalue weighted by molar-refractivity contribution is 0.275. The second-order valence-corrected chi connectivity index (χ2v) is 6.02. The summed E-state index contributed by atoms with van der Waals surface area (Å²) in [4.78, 5) is 0. The van der Waals surface area contributed by atoms with Gasteiger partial charge in [0.25, 0.3) is 0 Å². The van der Waals surface area contributed by atoms with Gasteiger partial charge in [0.05, 0.1) is 0 Å². The molecule has 0 amide bonds. The third-order valence-corrected chi connectivity index (χ3v) is 4.65. The second-order valence-electron chi connectivity index (χ2n) is 4.87. The van der Waals surface area contributed by atoms with Crippen molar-refractivity contribution in [2.45, 2.75) is 52.5 Å². The Bertz CT molecular complexity index is 155. The fourth-order valence-corrected chi connectivity index (χ4v) is 3.93. The Morgan fingerprint density at radius 3 is 2.67 bits per heavy atom. The van der Waals surface area contributed by atoms with E-state index in [1.165, 1.54) is 43.7 Å². The lowest BCUT2D eigenvalue weighted by atomic mass is 9.86. The van der Waals surface area contributed by atoms with Crippen LogP contribution in [0.5, 0.6) is 0 Å². The van der Waals surface area contributed by atoms with Gasteiger partial charge in [-0.3, -0.25) is 0 Å². The van der Waals surface area contributed by atoms with Crippen LogP contribution < -0.4 is 5.32 Å². The minimum absolute atomic E-state index is 0.778. The molecule has 2 heteroatoms. The first-order valence-corrected chi connectivity index (χ1v) is 7.76. The Morgan fingerprint density at radius 1 is 1.33 bits per heavy atom. The molecule has 1 rings (SSSR count). The Kier molecular flexibility index (Phi) is 6.74. The van der Waals surface area contributed by atoms with Crippen LogP contribution >= 0.6 is 11.8 Å². The highest BCUT2D eigenvalue weighted by Gasteiger charge is 2.28. The number of thioether (sulfide) groups is 1. The molecule has 0 aromatic heterocycles. The van der Waals surface area contributed by atoms with Crippen LogP contribution in [-0.4, -0.2) is 24.1 Å². The van der Waals surface area contributed by atoms with Crippen LogP contribution in [0, 0.1) is 11.8 Å². The quantitative estimate of drug-likeness (QED) is 0.716. The number of hydrogen-bond acceptors (Lipinski definition) is 2. The van der Waals surface area contributed by atoms with E-state index in [0.717, 1.165) is 17.9 Å². The molecule has 0 aromatic rings. The smallest absolute Gasteiger partial charge is 0.0129 e. The lowest BCUT2D eigenvalue weighted by Gasteiger charge is -2.30. The van der Waals surface area contributed by atoms with Crippen LogP contribution in [-0.2, 0) is 0 Å². The van der Waals surface area contributed by atoms with Crippen LogP contribution in [0.2, 0.25) is 0 Å². The largest absolute Gasteiger partial charge is 0.313 e. The highest BCUT2D eigenvalue weighted by Crippen LogP contribution is 2.30. The monoisotopic (exact) mass is 229 g/mol. The van der Waals surface area contributed by atoms with Gasteiger partial charge in [0.15, 0.2) is 0 Å². The van der Waals surface area contributed by atoms with Gasteiger partial charge in [-0.25, -0.2) is 0 Å². The van der Waals surface area contributed by atoms with Gasteiger partial charge in [0, 0.05) is 6.04 Å². The van der Waals surface area contributed by atoms with Crippen molar-refractivity contribution < 1.29 is 0 Å². The zero-order valence-electron chi connectivity index (χ0n) is 10.6. The molecule has 1 N–H and O–H groups in total. The van der Waals surface area contributed by atoms with Crippen LogP contribution in [0.4, 0.5) is 0 Å². The molecule has 0 aliphatic carbocycles. The predicted molar refractivity (Wildman–Crippen MR) is 71.6 cm³/mol. The molecule has 0 saturated carbocycles. The van der Waals surface area contributed by atoms with Crippen molar-refractivity contribution in [3.63, 3.8) is 0 Å². The molecule has 1 heterocycles. The Hall–Kier alpha value is 0.310. The molecule has 0 bridgehead atoms. The van der Waals surface area contributed by atoms with Crippen molar-refractivity contribution in [3.8, 4) is 0 Å². The maximum Gasteiger partial charge on any atom is 0.0129 e. The topological polar surface area (TPSA) is 12.0 Å². The standard InChI is InChI=1S/C13H27NS/c1-4-6-11(3)13(14-8-5-2)12-7-9-15-10-12/h11-14H,4-10H2,1-3H3. The average Bonchev–Trinajstić information content (AvgIpc) is 2.72. The lowest BCUT2D eigenvalue weighted by Crippen LogP contribution is -2.41. The van der Waals surface area contributed by atoms with Gasteiger partial charge in [-0.15, -0.1) is 0 Å². The van der Waals surface area contributed by atoms with Crippen molar-refractivity contribution in [2.24, 2.45) is 11.8 Å². The van der Waals surface area contributed by atoms with E-state index in [1.807, 2.05) is 0 Å². The third kappa shape index (κ3) is 4.36. The van der Waals surface area contributed by atoms with Crippen molar-refractivity contribution in [3.05, 3.63) is 0 Å². The summed E-state index contributed by atoms with van der Waals surface area (Å²) in [6.07, 6.45) is 5.39. The van der Waals surface area contributed by atoms with Gasteiger partial charge in [0.1, 0.15) is 0 Å². The summed E-state index contributed by atoms with van der Waals surface area (Å²) in [6.45, 7) is 8.19. The van der Waals surface area contributed by atoms with Crippen LogP contribution in [0.25, 0.3) is 0 Å². The number of hydrogen-bond donors (Lipinski definition) is 1. The van der Waals surface area contributed by atoms with E-state index in [2.05, 4.69) is 37.8 Å². The van der Waals surface area contributed by atoms with Crippen LogP contribution in [0.1, 0.15) is 46.5 Å². The molecular weight excluding hydrogens is 202 g/mol. The third-order valence-electron chi connectivity index (χ3n) is 3.46. The molecule has 15 heavy (non-hydrogen) atoms. The minimum Gasteiger partial charge on any atom is -0.313 e. The molecule has 0 spiro atoms. The number of rotatable bonds is 7. The van der Waals surface area contributed by atoms with Crippen LogP contribution in [0.3, 0.4) is 0 Å². The van der Waals surface area contributed by atoms with Gasteiger partial charge in [-0.05, 0) is 49.1 Å². The summed E-state index contributed by atoms with van der Waals surface area (Å²) in [5.41, 5.74) is 0. The summed E-state index contributed by atoms with van der Waals surface area (Å²) in [7, 11) is 0. The highest BCUT2D eigenvalue weighted by atomic mass is 32.2.